The fourth-order valence-electron chi connectivity index (χ4n) is 0.491. The van der Waals surface area contributed by atoms with Gasteiger partial charge in [0.15, 0.2) is 0 Å². The molecule has 5 nitrogen and oxygen atoms in total. The molecule has 0 unspecified atom stereocenters. The van der Waals surface area contributed by atoms with Crippen LogP contribution in [0.25, 0.3) is 0 Å². The lowest BCUT2D eigenvalue weighted by molar-refractivity contribution is -0.126. The molecule has 72 valence electrons. The maximum atomic E-state index is 10.5. The average molecular weight is 194 g/mol. The normalized spacial score (nSPS) is 9.83. The first-order chi connectivity index (χ1) is 5.81. The Morgan fingerprint density at radius 3 is 2.58 bits per heavy atom. The molecular weight excluding hydrogens is 180 g/mol. The molecule has 0 radical (unpaired) electrons. The van der Waals surface area contributed by atoms with E-state index >= 15 is 0 Å². The van der Waals surface area contributed by atoms with E-state index in [-0.39, 0.29) is 12.5 Å². The molecule has 0 aliphatic carbocycles. The molecule has 0 fully saturated rings. The van der Waals surface area contributed by atoms with Gasteiger partial charge in [-0.15, -0.1) is 0 Å². The van der Waals surface area contributed by atoms with Crippen molar-refractivity contribution in [2.24, 2.45) is 5.84 Å². The van der Waals surface area contributed by atoms with Crippen molar-refractivity contribution >= 4 is 18.5 Å². The molecule has 3 N–H and O–H groups in total. The highest BCUT2D eigenvalue weighted by atomic mass is 32.1. The zero-order valence-corrected chi connectivity index (χ0v) is 7.68. The number of amides is 1. The minimum absolute atomic E-state index is 0.0270. The molecule has 0 heterocycles. The minimum atomic E-state index is -0.343. The predicted molar refractivity (Wildman–Crippen MR) is 47.8 cm³/mol. The molecule has 0 atom stereocenters. The second-order valence-corrected chi connectivity index (χ2v) is 2.40. The van der Waals surface area contributed by atoms with Gasteiger partial charge in [-0.05, 0) is 0 Å². The molecule has 0 saturated carbocycles. The Balaban J connectivity index is 2.95. The first-order valence-electron chi connectivity index (χ1n) is 3.57. The van der Waals surface area contributed by atoms with Crippen LogP contribution in [-0.4, -0.2) is 38.1 Å². The van der Waals surface area contributed by atoms with Crippen LogP contribution in [0, 0.1) is 0 Å². The number of carbonyl (C=O) groups is 1. The Bertz CT molecular complexity index is 123. The summed E-state index contributed by atoms with van der Waals surface area (Å²) in [5.74, 6) is 5.15. The molecule has 0 aromatic heterocycles. The van der Waals surface area contributed by atoms with Crippen LogP contribution in [0.3, 0.4) is 0 Å². The maximum absolute atomic E-state index is 10.5. The molecule has 0 aliphatic rings. The van der Waals surface area contributed by atoms with Gasteiger partial charge < -0.3 is 9.47 Å². The van der Waals surface area contributed by atoms with Gasteiger partial charge >= 0.3 is 0 Å². The van der Waals surface area contributed by atoms with E-state index in [9.17, 15) is 4.79 Å². The third kappa shape index (κ3) is 7.80. The van der Waals surface area contributed by atoms with E-state index < -0.39 is 0 Å². The zero-order valence-electron chi connectivity index (χ0n) is 6.78. The summed E-state index contributed by atoms with van der Waals surface area (Å²) in [5.41, 5.74) is 1.95. The molecule has 0 bridgehead atoms. The minimum Gasteiger partial charge on any atom is -0.378 e. The number of hydrogen-bond donors (Lipinski definition) is 3. The Kier molecular flexibility index (Phi) is 8.57. The van der Waals surface area contributed by atoms with Crippen LogP contribution in [-0.2, 0) is 14.3 Å². The van der Waals surface area contributed by atoms with E-state index in [1.807, 2.05) is 5.43 Å². The van der Waals surface area contributed by atoms with E-state index in [2.05, 4.69) is 12.6 Å². The molecule has 0 rings (SSSR count). The second kappa shape index (κ2) is 8.79. The molecule has 0 aromatic carbocycles. The van der Waals surface area contributed by atoms with Crippen LogP contribution in [0.15, 0.2) is 0 Å². The predicted octanol–water partition coefficient (Wildman–Crippen LogP) is -1.06. The summed E-state index contributed by atoms with van der Waals surface area (Å²) in [4.78, 5) is 10.5. The number of ether oxygens (including phenoxy) is 2. The zero-order chi connectivity index (χ0) is 9.23. The molecule has 12 heavy (non-hydrogen) atoms. The molecule has 6 heteroatoms. The summed E-state index contributed by atoms with van der Waals surface area (Å²) in [5, 5.41) is 0. The first kappa shape index (κ1) is 11.7. The second-order valence-electron chi connectivity index (χ2n) is 1.96. The molecule has 0 saturated heterocycles. The SMILES string of the molecule is NNC(=O)COCCOCCS. The van der Waals surface area contributed by atoms with Crippen molar-refractivity contribution in [3.8, 4) is 0 Å². The first-order valence-corrected chi connectivity index (χ1v) is 4.20. The molecule has 0 aromatic rings. The number of nitrogens with one attached hydrogen (secondary N) is 1. The van der Waals surface area contributed by atoms with Gasteiger partial charge in [0.1, 0.15) is 6.61 Å². The van der Waals surface area contributed by atoms with Gasteiger partial charge in [0.2, 0.25) is 0 Å². The van der Waals surface area contributed by atoms with Crippen LogP contribution in [0.1, 0.15) is 0 Å². The van der Waals surface area contributed by atoms with Crippen molar-refractivity contribution in [2.75, 3.05) is 32.2 Å². The lowest BCUT2D eigenvalue weighted by Crippen LogP contribution is -2.33. The number of thiol groups is 1. The highest BCUT2D eigenvalue weighted by Gasteiger charge is 1.96. The molecular formula is C6H14N2O3S. The van der Waals surface area contributed by atoms with Gasteiger partial charge in [-0.25, -0.2) is 5.84 Å². The van der Waals surface area contributed by atoms with Gasteiger partial charge in [-0.2, -0.15) is 12.6 Å². The fraction of sp³-hybridized carbons (Fsp3) is 0.833. The Morgan fingerprint density at radius 2 is 2.00 bits per heavy atom. The molecule has 1 amide bonds. The smallest absolute Gasteiger partial charge is 0.259 e. The largest absolute Gasteiger partial charge is 0.378 e. The number of hydrogen-bond acceptors (Lipinski definition) is 5. The maximum Gasteiger partial charge on any atom is 0.259 e. The van der Waals surface area contributed by atoms with Crippen LogP contribution in [0.2, 0.25) is 0 Å². The summed E-state index contributed by atoms with van der Waals surface area (Å²) in [7, 11) is 0. The fourth-order valence-corrected chi connectivity index (χ4v) is 0.620. The van der Waals surface area contributed by atoms with Crippen LogP contribution in [0.5, 0.6) is 0 Å². The summed E-state index contributed by atoms with van der Waals surface area (Å²) in [6.07, 6.45) is 0. The van der Waals surface area contributed by atoms with Gasteiger partial charge in [-0.1, -0.05) is 0 Å². The van der Waals surface area contributed by atoms with E-state index in [4.69, 9.17) is 15.3 Å². The third-order valence-corrected chi connectivity index (χ3v) is 1.18. The Hall–Kier alpha value is -0.300. The number of rotatable bonds is 7. The van der Waals surface area contributed by atoms with E-state index in [1.165, 1.54) is 0 Å². The number of carbonyl (C=O) groups excluding carboxylic acids is 1. The average Bonchev–Trinajstić information content (AvgIpc) is 2.10. The monoisotopic (exact) mass is 194 g/mol. The topological polar surface area (TPSA) is 73.6 Å². The number of nitrogens with two attached hydrogens (primary N) is 1. The van der Waals surface area contributed by atoms with E-state index in [1.54, 1.807) is 0 Å². The summed E-state index contributed by atoms with van der Waals surface area (Å²) >= 11 is 3.95. The molecule has 0 aliphatic heterocycles. The quantitative estimate of drug-likeness (QED) is 0.159. The van der Waals surface area contributed by atoms with Crippen LogP contribution < -0.4 is 11.3 Å². The van der Waals surface area contributed by atoms with Gasteiger partial charge in [0.25, 0.3) is 5.91 Å². The van der Waals surface area contributed by atoms with Crippen molar-refractivity contribution in [2.45, 2.75) is 0 Å². The van der Waals surface area contributed by atoms with Gasteiger partial charge in [0.05, 0.1) is 19.8 Å². The summed E-state index contributed by atoms with van der Waals surface area (Å²) in [6, 6.07) is 0. The lowest BCUT2D eigenvalue weighted by Gasteiger charge is -2.03. The van der Waals surface area contributed by atoms with Gasteiger partial charge in [0, 0.05) is 5.75 Å². The van der Waals surface area contributed by atoms with Crippen LogP contribution in [0.4, 0.5) is 0 Å². The van der Waals surface area contributed by atoms with Crippen molar-refractivity contribution in [3.63, 3.8) is 0 Å². The van der Waals surface area contributed by atoms with Crippen LogP contribution >= 0.6 is 12.6 Å². The van der Waals surface area contributed by atoms with Gasteiger partial charge in [-0.3, -0.25) is 10.2 Å². The van der Waals surface area contributed by atoms with E-state index in [0.29, 0.717) is 25.6 Å². The Morgan fingerprint density at radius 1 is 1.33 bits per heavy atom. The lowest BCUT2D eigenvalue weighted by atomic mass is 10.6. The molecule has 0 spiro atoms. The Labute approximate surface area is 77.0 Å². The van der Waals surface area contributed by atoms with E-state index in [0.717, 1.165) is 0 Å². The van der Waals surface area contributed by atoms with Crippen molar-refractivity contribution < 1.29 is 14.3 Å². The third-order valence-electron chi connectivity index (χ3n) is 1.00. The highest BCUT2D eigenvalue weighted by molar-refractivity contribution is 7.80. The van der Waals surface area contributed by atoms with Crippen molar-refractivity contribution in [1.82, 2.24) is 5.43 Å². The number of hydrazine groups is 1. The summed E-state index contributed by atoms with van der Waals surface area (Å²) in [6.45, 7) is 1.43. The van der Waals surface area contributed by atoms with Crippen molar-refractivity contribution in [1.29, 1.82) is 0 Å². The summed E-state index contributed by atoms with van der Waals surface area (Å²) < 4.78 is 9.92. The highest BCUT2D eigenvalue weighted by Crippen LogP contribution is 1.80. The standard InChI is InChI=1S/C6H14N2O3S/c7-8-6(9)5-11-2-1-10-3-4-12/h12H,1-5,7H2,(H,8,9). The van der Waals surface area contributed by atoms with Crippen molar-refractivity contribution in [3.05, 3.63) is 0 Å².